The number of halogens is 5. The lowest BCUT2D eigenvalue weighted by atomic mass is 10.0. The highest BCUT2D eigenvalue weighted by Gasteiger charge is 2.31. The molecule has 0 amide bonds. The molecule has 2 aromatic rings. The first-order chi connectivity index (χ1) is 10.2. The van der Waals surface area contributed by atoms with Gasteiger partial charge in [0, 0.05) is 5.56 Å². The maximum atomic E-state index is 13.9. The summed E-state index contributed by atoms with van der Waals surface area (Å²) in [5.41, 5.74) is -0.209. The molecule has 0 heterocycles. The minimum absolute atomic E-state index is 0.0337. The maximum Gasteiger partial charge on any atom is 0.573 e. The molecule has 0 spiro atoms. The van der Waals surface area contributed by atoms with Crippen LogP contribution in [-0.4, -0.2) is 17.4 Å². The largest absolute Gasteiger partial charge is 0.573 e. The lowest BCUT2D eigenvalue weighted by molar-refractivity contribution is -0.274. The Morgan fingerprint density at radius 2 is 1.73 bits per heavy atom. The standard InChI is InChI=1S/C14H7ClF4O3/c15-11-5-9(12(16)6-10(11)13(20)21)7-1-3-8(4-2-7)22-14(17,18)19/h1-6H,(H,20,21). The van der Waals surface area contributed by atoms with E-state index in [0.29, 0.717) is 0 Å². The van der Waals surface area contributed by atoms with Crippen LogP contribution >= 0.6 is 11.6 Å². The number of hydrogen-bond donors (Lipinski definition) is 1. The minimum Gasteiger partial charge on any atom is -0.478 e. The van der Waals surface area contributed by atoms with Crippen molar-refractivity contribution < 1.29 is 32.2 Å². The van der Waals surface area contributed by atoms with Gasteiger partial charge in [-0.25, -0.2) is 9.18 Å². The molecule has 8 heteroatoms. The van der Waals surface area contributed by atoms with Gasteiger partial charge in [0.1, 0.15) is 11.6 Å². The van der Waals surface area contributed by atoms with Crippen molar-refractivity contribution in [3.8, 4) is 16.9 Å². The summed E-state index contributed by atoms with van der Waals surface area (Å²) in [4.78, 5) is 10.8. The number of aromatic carboxylic acids is 1. The van der Waals surface area contributed by atoms with Crippen LogP contribution in [0.15, 0.2) is 36.4 Å². The first-order valence-corrected chi connectivity index (χ1v) is 6.13. The third kappa shape index (κ3) is 3.67. The van der Waals surface area contributed by atoms with E-state index in [1.165, 1.54) is 12.1 Å². The number of hydrogen-bond acceptors (Lipinski definition) is 2. The van der Waals surface area contributed by atoms with Gasteiger partial charge >= 0.3 is 12.3 Å². The van der Waals surface area contributed by atoms with Crippen LogP contribution in [-0.2, 0) is 0 Å². The Morgan fingerprint density at radius 1 is 1.14 bits per heavy atom. The van der Waals surface area contributed by atoms with E-state index >= 15 is 0 Å². The highest BCUT2D eigenvalue weighted by atomic mass is 35.5. The first-order valence-electron chi connectivity index (χ1n) is 5.76. The van der Waals surface area contributed by atoms with Crippen molar-refractivity contribution in [3.05, 3.63) is 52.8 Å². The summed E-state index contributed by atoms with van der Waals surface area (Å²) in [6.45, 7) is 0. The van der Waals surface area contributed by atoms with E-state index < -0.39 is 29.5 Å². The van der Waals surface area contributed by atoms with E-state index in [0.717, 1.165) is 24.3 Å². The fourth-order valence-electron chi connectivity index (χ4n) is 1.77. The van der Waals surface area contributed by atoms with Crippen molar-refractivity contribution >= 4 is 17.6 Å². The Kier molecular flexibility index (Phi) is 4.27. The van der Waals surface area contributed by atoms with Crippen LogP contribution in [0.1, 0.15) is 10.4 Å². The maximum absolute atomic E-state index is 13.9. The third-order valence-electron chi connectivity index (χ3n) is 2.69. The molecule has 0 radical (unpaired) electrons. The molecule has 2 rings (SSSR count). The van der Waals surface area contributed by atoms with Gasteiger partial charge in [-0.05, 0) is 29.8 Å². The number of rotatable bonds is 3. The van der Waals surface area contributed by atoms with Crippen LogP contribution in [0.5, 0.6) is 5.75 Å². The van der Waals surface area contributed by atoms with E-state index in [4.69, 9.17) is 16.7 Å². The van der Waals surface area contributed by atoms with Crippen LogP contribution in [0.4, 0.5) is 17.6 Å². The predicted octanol–water partition coefficient (Wildman–Crippen LogP) is 4.74. The Labute approximate surface area is 126 Å². The molecule has 22 heavy (non-hydrogen) atoms. The first kappa shape index (κ1) is 16.1. The highest BCUT2D eigenvalue weighted by molar-refractivity contribution is 6.33. The van der Waals surface area contributed by atoms with Crippen molar-refractivity contribution in [1.82, 2.24) is 0 Å². The molecule has 0 aliphatic heterocycles. The number of carbonyl (C=O) groups is 1. The van der Waals surface area contributed by atoms with Gasteiger partial charge in [-0.3, -0.25) is 0 Å². The molecule has 0 bridgehead atoms. The van der Waals surface area contributed by atoms with Gasteiger partial charge in [0.15, 0.2) is 0 Å². The van der Waals surface area contributed by atoms with Gasteiger partial charge in [0.05, 0.1) is 10.6 Å². The second kappa shape index (κ2) is 5.84. The van der Waals surface area contributed by atoms with E-state index in [1.54, 1.807) is 0 Å². The molecule has 0 aliphatic carbocycles. The summed E-state index contributed by atoms with van der Waals surface area (Å²) in [7, 11) is 0. The van der Waals surface area contributed by atoms with Crippen LogP contribution < -0.4 is 4.74 Å². The fourth-order valence-corrected chi connectivity index (χ4v) is 2.01. The van der Waals surface area contributed by atoms with E-state index in [-0.39, 0.29) is 16.1 Å². The lowest BCUT2D eigenvalue weighted by Gasteiger charge is -2.10. The number of benzene rings is 2. The van der Waals surface area contributed by atoms with Crippen LogP contribution in [0, 0.1) is 5.82 Å². The number of carboxylic acids is 1. The monoisotopic (exact) mass is 334 g/mol. The van der Waals surface area contributed by atoms with Gasteiger partial charge in [-0.1, -0.05) is 23.7 Å². The van der Waals surface area contributed by atoms with Gasteiger partial charge in [0.25, 0.3) is 0 Å². The van der Waals surface area contributed by atoms with Crippen LogP contribution in [0.2, 0.25) is 5.02 Å². The van der Waals surface area contributed by atoms with E-state index in [2.05, 4.69) is 4.74 Å². The van der Waals surface area contributed by atoms with Crippen molar-refractivity contribution in [3.63, 3.8) is 0 Å². The van der Waals surface area contributed by atoms with E-state index in [9.17, 15) is 22.4 Å². The summed E-state index contributed by atoms with van der Waals surface area (Å²) in [6, 6.07) is 6.29. The average Bonchev–Trinajstić information content (AvgIpc) is 2.40. The summed E-state index contributed by atoms with van der Waals surface area (Å²) in [5.74, 6) is -2.69. The molecule has 0 saturated heterocycles. The smallest absolute Gasteiger partial charge is 0.478 e. The van der Waals surface area contributed by atoms with Gasteiger partial charge in [-0.2, -0.15) is 0 Å². The molecule has 116 valence electrons. The molecule has 0 aromatic heterocycles. The number of carboxylic acid groups (broad SMARTS) is 1. The molecule has 3 nitrogen and oxygen atoms in total. The molecule has 0 fully saturated rings. The fraction of sp³-hybridized carbons (Fsp3) is 0.0714. The zero-order chi connectivity index (χ0) is 16.5. The second-order valence-electron chi connectivity index (χ2n) is 4.19. The lowest BCUT2D eigenvalue weighted by Crippen LogP contribution is -2.16. The second-order valence-corrected chi connectivity index (χ2v) is 4.60. The molecule has 1 N–H and O–H groups in total. The molecule has 0 aliphatic rings. The normalized spacial score (nSPS) is 11.3. The van der Waals surface area contributed by atoms with Gasteiger partial charge < -0.3 is 9.84 Å². The van der Waals surface area contributed by atoms with Crippen molar-refractivity contribution in [2.75, 3.05) is 0 Å². The molecular formula is C14H7ClF4O3. The highest BCUT2D eigenvalue weighted by Crippen LogP contribution is 2.31. The molecular weight excluding hydrogens is 328 g/mol. The van der Waals surface area contributed by atoms with Gasteiger partial charge in [0.2, 0.25) is 0 Å². The summed E-state index contributed by atoms with van der Waals surface area (Å²) in [5, 5.41) is 8.64. The van der Waals surface area contributed by atoms with Crippen molar-refractivity contribution in [1.29, 1.82) is 0 Å². The molecule has 0 atom stereocenters. The minimum atomic E-state index is -4.82. The van der Waals surface area contributed by atoms with Crippen LogP contribution in [0.25, 0.3) is 11.1 Å². The van der Waals surface area contributed by atoms with Crippen molar-refractivity contribution in [2.45, 2.75) is 6.36 Å². The number of ether oxygens (including phenoxy) is 1. The Balaban J connectivity index is 2.36. The summed E-state index contributed by atoms with van der Waals surface area (Å²) in [6.07, 6.45) is -4.82. The summed E-state index contributed by atoms with van der Waals surface area (Å²) >= 11 is 5.74. The molecule has 0 saturated carbocycles. The Bertz CT molecular complexity index is 711. The Hall–Kier alpha value is -2.28. The van der Waals surface area contributed by atoms with Gasteiger partial charge in [-0.15, -0.1) is 13.2 Å². The topological polar surface area (TPSA) is 46.5 Å². The number of alkyl halides is 3. The quantitative estimate of drug-likeness (QED) is 0.824. The predicted molar refractivity (Wildman–Crippen MR) is 70.5 cm³/mol. The average molecular weight is 335 g/mol. The van der Waals surface area contributed by atoms with E-state index in [1.807, 2.05) is 0 Å². The molecule has 2 aromatic carbocycles. The zero-order valence-electron chi connectivity index (χ0n) is 10.6. The SMILES string of the molecule is O=C(O)c1cc(F)c(-c2ccc(OC(F)(F)F)cc2)cc1Cl. The van der Waals surface area contributed by atoms with Crippen LogP contribution in [0.3, 0.4) is 0 Å². The summed E-state index contributed by atoms with van der Waals surface area (Å²) < 4.78 is 53.8. The third-order valence-corrected chi connectivity index (χ3v) is 3.00. The zero-order valence-corrected chi connectivity index (χ0v) is 11.4. The van der Waals surface area contributed by atoms with Crippen molar-refractivity contribution in [2.24, 2.45) is 0 Å². The molecule has 0 unspecified atom stereocenters. The Morgan fingerprint density at radius 3 is 2.23 bits per heavy atom.